The van der Waals surface area contributed by atoms with Gasteiger partial charge in [0.15, 0.2) is 0 Å². The third-order valence-corrected chi connectivity index (χ3v) is 5.33. The molecule has 1 aliphatic rings. The fourth-order valence-electron chi connectivity index (χ4n) is 3.78. The van der Waals surface area contributed by atoms with Crippen molar-refractivity contribution in [2.24, 2.45) is 13.0 Å². The Bertz CT molecular complexity index is 1060. The molecule has 3 heterocycles. The van der Waals surface area contributed by atoms with E-state index in [1.165, 1.54) is 4.68 Å². The van der Waals surface area contributed by atoms with Crippen LogP contribution >= 0.6 is 0 Å². The van der Waals surface area contributed by atoms with Crippen LogP contribution in [0.2, 0.25) is 0 Å². The van der Waals surface area contributed by atoms with Crippen molar-refractivity contribution < 1.29 is 17.9 Å². The number of imidazole rings is 1. The molecule has 0 amide bonds. The van der Waals surface area contributed by atoms with E-state index in [0.29, 0.717) is 36.3 Å². The van der Waals surface area contributed by atoms with E-state index in [1.54, 1.807) is 31.5 Å². The lowest BCUT2D eigenvalue weighted by molar-refractivity contribution is -0.176. The lowest BCUT2D eigenvalue weighted by Crippen LogP contribution is -2.42. The summed E-state index contributed by atoms with van der Waals surface area (Å²) in [5, 5.41) is 7.43. The number of benzene rings is 1. The smallest absolute Gasteiger partial charge is 0.393 e. The first-order valence-electron chi connectivity index (χ1n) is 9.93. The van der Waals surface area contributed by atoms with Gasteiger partial charge in [0.25, 0.3) is 0 Å². The van der Waals surface area contributed by atoms with E-state index in [-0.39, 0.29) is 13.0 Å². The summed E-state index contributed by atoms with van der Waals surface area (Å²) in [5.41, 5.74) is 2.41. The van der Waals surface area contributed by atoms with E-state index >= 15 is 0 Å². The van der Waals surface area contributed by atoms with Gasteiger partial charge < -0.3 is 19.5 Å². The Balaban J connectivity index is 1.53. The van der Waals surface area contributed by atoms with Crippen molar-refractivity contribution in [2.45, 2.75) is 25.9 Å². The zero-order chi connectivity index (χ0) is 22.2. The Morgan fingerprint density at radius 3 is 2.74 bits per heavy atom. The molecule has 1 aromatic carbocycles. The average molecular weight is 435 g/mol. The number of methoxy groups -OCH3 is 1. The molecule has 1 saturated heterocycles. The number of anilines is 3. The summed E-state index contributed by atoms with van der Waals surface area (Å²) in [4.78, 5) is 10.3. The monoisotopic (exact) mass is 435 g/mol. The zero-order valence-corrected chi connectivity index (χ0v) is 17.5. The molecule has 0 spiro atoms. The van der Waals surface area contributed by atoms with Crippen LogP contribution < -0.4 is 15.0 Å². The molecule has 2 aromatic heterocycles. The van der Waals surface area contributed by atoms with Crippen molar-refractivity contribution in [1.82, 2.24) is 24.3 Å². The standard InChI is InChI=1S/C20H24F3N7O/c1-13-10-30(12-24-13)16-7-6-15(9-17(16)31-3)25-18-26-19(28(2)27-18)29-8-4-5-14(11-29)20(21,22)23/h6-7,9-10,12,14H,4-5,8,11H2,1-3H3,(H,25,27). The highest BCUT2D eigenvalue weighted by Crippen LogP contribution is 2.35. The first-order valence-corrected chi connectivity index (χ1v) is 9.93. The van der Waals surface area contributed by atoms with Gasteiger partial charge in [-0.1, -0.05) is 0 Å². The van der Waals surface area contributed by atoms with E-state index in [4.69, 9.17) is 4.74 Å². The first-order chi connectivity index (χ1) is 14.7. The predicted octanol–water partition coefficient (Wildman–Crippen LogP) is 3.84. The summed E-state index contributed by atoms with van der Waals surface area (Å²) < 4.78 is 48.3. The number of alkyl halides is 3. The van der Waals surface area contributed by atoms with Crippen molar-refractivity contribution in [3.05, 3.63) is 36.4 Å². The Labute approximate surface area is 177 Å². The normalized spacial score (nSPS) is 17.1. The molecule has 11 heteroatoms. The molecular weight excluding hydrogens is 411 g/mol. The van der Waals surface area contributed by atoms with Crippen molar-refractivity contribution in [3.63, 3.8) is 0 Å². The quantitative estimate of drug-likeness (QED) is 0.657. The highest BCUT2D eigenvalue weighted by Gasteiger charge is 2.42. The van der Waals surface area contributed by atoms with Gasteiger partial charge in [-0.2, -0.15) is 18.2 Å². The van der Waals surface area contributed by atoms with Crippen LogP contribution in [0.3, 0.4) is 0 Å². The minimum Gasteiger partial charge on any atom is -0.494 e. The molecule has 31 heavy (non-hydrogen) atoms. The summed E-state index contributed by atoms with van der Waals surface area (Å²) >= 11 is 0. The van der Waals surface area contributed by atoms with Crippen LogP contribution in [0.25, 0.3) is 5.69 Å². The molecule has 8 nitrogen and oxygen atoms in total. The Morgan fingerprint density at radius 2 is 2.06 bits per heavy atom. The van der Waals surface area contributed by atoms with E-state index in [1.807, 2.05) is 29.8 Å². The number of hydrogen-bond acceptors (Lipinski definition) is 6. The predicted molar refractivity (Wildman–Crippen MR) is 110 cm³/mol. The molecule has 1 atom stereocenters. The van der Waals surface area contributed by atoms with Gasteiger partial charge in [0.2, 0.25) is 11.9 Å². The lowest BCUT2D eigenvalue weighted by atomic mass is 9.98. The maximum absolute atomic E-state index is 13.2. The Morgan fingerprint density at radius 1 is 1.26 bits per heavy atom. The summed E-state index contributed by atoms with van der Waals surface area (Å²) in [6.07, 6.45) is 0.00617. The molecule has 3 aromatic rings. The molecule has 166 valence electrons. The number of hydrogen-bond donors (Lipinski definition) is 1. The average Bonchev–Trinajstić information content (AvgIpc) is 3.32. The largest absolute Gasteiger partial charge is 0.494 e. The minimum atomic E-state index is -4.20. The first kappa shape index (κ1) is 21.0. The van der Waals surface area contributed by atoms with Gasteiger partial charge in [0, 0.05) is 38.1 Å². The molecule has 0 radical (unpaired) electrons. The van der Waals surface area contributed by atoms with E-state index in [0.717, 1.165) is 11.4 Å². The zero-order valence-electron chi connectivity index (χ0n) is 17.5. The van der Waals surface area contributed by atoms with Gasteiger partial charge in [-0.15, -0.1) is 5.10 Å². The molecule has 0 bridgehead atoms. The van der Waals surface area contributed by atoms with Gasteiger partial charge in [-0.05, 0) is 31.9 Å². The minimum absolute atomic E-state index is 0.109. The number of aromatic nitrogens is 5. The molecule has 0 saturated carbocycles. The Hall–Kier alpha value is -3.24. The maximum Gasteiger partial charge on any atom is 0.393 e. The van der Waals surface area contributed by atoms with Gasteiger partial charge in [0.05, 0.1) is 30.7 Å². The van der Waals surface area contributed by atoms with E-state index in [9.17, 15) is 13.2 Å². The van der Waals surface area contributed by atoms with Crippen LogP contribution in [0.5, 0.6) is 5.75 Å². The Kier molecular flexibility index (Phi) is 5.50. The fraction of sp³-hybridized carbons (Fsp3) is 0.450. The number of ether oxygens (including phenoxy) is 1. The van der Waals surface area contributed by atoms with Crippen LogP contribution in [0, 0.1) is 12.8 Å². The highest BCUT2D eigenvalue weighted by molar-refractivity contribution is 5.62. The van der Waals surface area contributed by atoms with Crippen LogP contribution in [-0.2, 0) is 7.05 Å². The molecule has 4 rings (SSSR count). The molecular formula is C20H24F3N7O. The van der Waals surface area contributed by atoms with Crippen molar-refractivity contribution >= 4 is 17.6 Å². The van der Waals surface area contributed by atoms with Crippen LogP contribution in [0.15, 0.2) is 30.7 Å². The van der Waals surface area contributed by atoms with Crippen LogP contribution in [-0.4, -0.2) is 50.7 Å². The molecule has 1 N–H and O–H groups in total. The highest BCUT2D eigenvalue weighted by atomic mass is 19.4. The van der Waals surface area contributed by atoms with Crippen molar-refractivity contribution in [1.29, 1.82) is 0 Å². The number of rotatable bonds is 5. The van der Waals surface area contributed by atoms with Crippen LogP contribution in [0.4, 0.5) is 30.8 Å². The fourth-order valence-corrected chi connectivity index (χ4v) is 3.78. The number of piperidine rings is 1. The van der Waals surface area contributed by atoms with E-state index < -0.39 is 12.1 Å². The van der Waals surface area contributed by atoms with Gasteiger partial charge in [-0.3, -0.25) is 0 Å². The molecule has 1 aliphatic heterocycles. The number of aryl methyl sites for hydroxylation is 2. The molecule has 1 fully saturated rings. The second-order valence-corrected chi connectivity index (χ2v) is 7.62. The summed E-state index contributed by atoms with van der Waals surface area (Å²) in [5.74, 6) is -0.00517. The molecule has 1 unspecified atom stereocenters. The number of nitrogens with one attached hydrogen (secondary N) is 1. The third kappa shape index (κ3) is 4.44. The van der Waals surface area contributed by atoms with Crippen molar-refractivity contribution in [2.75, 3.05) is 30.4 Å². The lowest BCUT2D eigenvalue weighted by Gasteiger charge is -2.33. The summed E-state index contributed by atoms with van der Waals surface area (Å²) in [6, 6.07) is 5.54. The molecule has 0 aliphatic carbocycles. The topological polar surface area (TPSA) is 73.0 Å². The second-order valence-electron chi connectivity index (χ2n) is 7.62. The second kappa shape index (κ2) is 8.12. The van der Waals surface area contributed by atoms with E-state index in [2.05, 4.69) is 20.4 Å². The number of nitrogens with zero attached hydrogens (tertiary/aromatic N) is 6. The van der Waals surface area contributed by atoms with Gasteiger partial charge in [-0.25, -0.2) is 9.67 Å². The van der Waals surface area contributed by atoms with Crippen molar-refractivity contribution in [3.8, 4) is 11.4 Å². The van der Waals surface area contributed by atoms with Gasteiger partial charge >= 0.3 is 6.18 Å². The maximum atomic E-state index is 13.2. The SMILES string of the molecule is COc1cc(Nc2nc(N3CCCC(C(F)(F)F)C3)n(C)n2)ccc1-n1cnc(C)c1. The van der Waals surface area contributed by atoms with Crippen LogP contribution in [0.1, 0.15) is 18.5 Å². The summed E-state index contributed by atoms with van der Waals surface area (Å²) in [7, 11) is 3.26. The van der Waals surface area contributed by atoms with Gasteiger partial charge in [0.1, 0.15) is 5.75 Å². The summed E-state index contributed by atoms with van der Waals surface area (Å²) in [6.45, 7) is 2.32. The number of halogens is 3. The third-order valence-electron chi connectivity index (χ3n) is 5.33.